The van der Waals surface area contributed by atoms with E-state index >= 15 is 0 Å². The maximum atomic E-state index is 8.34. The summed E-state index contributed by atoms with van der Waals surface area (Å²) in [5.74, 6) is 0. The Hall–Kier alpha value is -1.36. The topological polar surface area (TPSA) is 36.7 Å². The summed E-state index contributed by atoms with van der Waals surface area (Å²) in [4.78, 5) is 3.46. The summed E-state index contributed by atoms with van der Waals surface area (Å²) < 4.78 is 14.0. The van der Waals surface area contributed by atoms with E-state index in [0.717, 1.165) is 0 Å². The summed E-state index contributed by atoms with van der Waals surface area (Å²) >= 11 is 0. The molecule has 0 spiro atoms. The second kappa shape index (κ2) is 2.08. The lowest BCUT2D eigenvalue weighted by Gasteiger charge is -1.79. The molecule has 1 heterocycles. The molecular formula is C6H4N2. The number of hydrogen-bond acceptors (Lipinski definition) is 2. The van der Waals surface area contributed by atoms with Crippen LogP contribution >= 0.6 is 0 Å². The third-order valence-corrected chi connectivity index (χ3v) is 0.698. The van der Waals surface area contributed by atoms with Crippen LogP contribution in [0, 0.1) is 11.3 Å². The molecule has 1 rings (SSSR count). The highest BCUT2D eigenvalue weighted by molar-refractivity contribution is 5.24. The number of nitriles is 1. The monoisotopic (exact) mass is 106 g/mol. The van der Waals surface area contributed by atoms with Crippen molar-refractivity contribution in [3.63, 3.8) is 0 Å². The summed E-state index contributed by atoms with van der Waals surface area (Å²) in [6.45, 7) is 0. The number of aromatic nitrogens is 1. The number of hydrogen-bond donors (Lipinski definition) is 0. The van der Waals surface area contributed by atoms with Crippen molar-refractivity contribution in [2.45, 2.75) is 0 Å². The van der Waals surface area contributed by atoms with Crippen LogP contribution in [0.25, 0.3) is 0 Å². The Kier molecular flexibility index (Phi) is 0.736. The van der Waals surface area contributed by atoms with E-state index in [1.807, 2.05) is 6.07 Å². The third-order valence-electron chi connectivity index (χ3n) is 0.698. The maximum Gasteiger partial charge on any atom is 0.0992 e. The molecule has 0 saturated heterocycles. The van der Waals surface area contributed by atoms with Gasteiger partial charge in [0.1, 0.15) is 0 Å². The molecule has 38 valence electrons. The fourth-order valence-corrected chi connectivity index (χ4v) is 0.347. The van der Waals surface area contributed by atoms with Crippen molar-refractivity contribution in [1.29, 1.82) is 5.26 Å². The number of nitrogens with zero attached hydrogens (tertiary/aromatic N) is 2. The quantitative estimate of drug-likeness (QED) is 0.493. The van der Waals surface area contributed by atoms with Crippen molar-refractivity contribution in [2.24, 2.45) is 0 Å². The molecule has 0 aromatic carbocycles. The molecule has 2 nitrogen and oxygen atoms in total. The second-order valence-corrected chi connectivity index (χ2v) is 1.23. The summed E-state index contributed by atoms with van der Waals surface area (Å²) in [5, 5.41) is 8.34. The Balaban J connectivity index is 3.22. The minimum Gasteiger partial charge on any atom is -0.265 e. The average molecular weight is 106 g/mol. The molecule has 0 N–H and O–H groups in total. The van der Waals surface area contributed by atoms with E-state index in [-0.39, 0.29) is 12.3 Å². The molecule has 0 aliphatic rings. The first kappa shape index (κ1) is 2.83. The fraction of sp³-hybridized carbons (Fsp3) is 0. The first-order chi connectivity index (χ1) is 4.72. The van der Waals surface area contributed by atoms with Crippen LogP contribution in [0.1, 0.15) is 8.30 Å². The zero-order valence-corrected chi connectivity index (χ0v) is 4.05. The zero-order chi connectivity index (χ0) is 7.56. The molecule has 0 amide bonds. The van der Waals surface area contributed by atoms with Gasteiger partial charge in [0, 0.05) is 12.3 Å². The minimum atomic E-state index is -0.0379. The van der Waals surface area contributed by atoms with Gasteiger partial charge in [-0.15, -0.1) is 0 Å². The normalized spacial score (nSPS) is 11.4. The van der Waals surface area contributed by atoms with Crippen LogP contribution in [0.2, 0.25) is 0 Å². The second-order valence-electron chi connectivity index (χ2n) is 1.23. The van der Waals surface area contributed by atoms with Gasteiger partial charge in [0.15, 0.2) is 0 Å². The summed E-state index contributed by atoms with van der Waals surface area (Å²) in [5.41, 5.74) is 0.310. The Morgan fingerprint density at radius 1 is 1.62 bits per heavy atom. The Labute approximate surface area is 50.2 Å². The molecular weight excluding hydrogens is 100 g/mol. The Morgan fingerprint density at radius 2 is 2.25 bits per heavy atom. The van der Waals surface area contributed by atoms with Gasteiger partial charge < -0.3 is 0 Å². The highest BCUT2D eigenvalue weighted by atomic mass is 14.6. The highest BCUT2D eigenvalue weighted by Gasteiger charge is 1.80. The molecule has 0 saturated carbocycles. The van der Waals surface area contributed by atoms with E-state index in [0.29, 0.717) is 5.56 Å². The predicted octanol–water partition coefficient (Wildman–Crippen LogP) is 0.953. The van der Waals surface area contributed by atoms with Crippen LogP contribution < -0.4 is 0 Å². The SMILES string of the molecule is [2H]c1cc(C#N)cc([2H])n1. The molecule has 8 heavy (non-hydrogen) atoms. The molecule has 0 aliphatic carbocycles. The van der Waals surface area contributed by atoms with Gasteiger partial charge in [0.2, 0.25) is 0 Å². The van der Waals surface area contributed by atoms with Gasteiger partial charge >= 0.3 is 0 Å². The van der Waals surface area contributed by atoms with Crippen LogP contribution in [-0.4, -0.2) is 4.98 Å². The van der Waals surface area contributed by atoms with Crippen molar-refractivity contribution in [3.05, 3.63) is 30.0 Å². The van der Waals surface area contributed by atoms with E-state index < -0.39 is 0 Å². The maximum absolute atomic E-state index is 8.34. The van der Waals surface area contributed by atoms with Crippen molar-refractivity contribution in [2.75, 3.05) is 0 Å². The molecule has 0 aliphatic heterocycles. The van der Waals surface area contributed by atoms with Gasteiger partial charge in [-0.25, -0.2) is 0 Å². The lowest BCUT2D eigenvalue weighted by Crippen LogP contribution is -1.71. The average Bonchev–Trinajstić information content (AvgIpc) is 1.85. The largest absolute Gasteiger partial charge is 0.265 e. The van der Waals surface area contributed by atoms with E-state index in [2.05, 4.69) is 4.98 Å². The molecule has 0 radical (unpaired) electrons. The molecule has 1 aromatic heterocycles. The first-order valence-electron chi connectivity index (χ1n) is 3.08. The lowest BCUT2D eigenvalue weighted by atomic mass is 10.3. The summed E-state index contributed by atoms with van der Waals surface area (Å²) in [7, 11) is 0. The molecule has 2 heteroatoms. The lowest BCUT2D eigenvalue weighted by molar-refractivity contribution is 1.31. The Morgan fingerprint density at radius 3 is 2.75 bits per heavy atom. The molecule has 0 fully saturated rings. The fourth-order valence-electron chi connectivity index (χ4n) is 0.347. The molecule has 0 atom stereocenters. The molecule has 0 unspecified atom stereocenters. The highest BCUT2D eigenvalue weighted by Crippen LogP contribution is 1.89. The summed E-state index contributed by atoms with van der Waals surface area (Å²) in [6.07, 6.45) is -0.0758. The first-order valence-corrected chi connectivity index (χ1v) is 2.08. The number of rotatable bonds is 0. The van der Waals surface area contributed by atoms with Crippen LogP contribution in [0.15, 0.2) is 24.5 Å². The smallest absolute Gasteiger partial charge is 0.0992 e. The van der Waals surface area contributed by atoms with Crippen LogP contribution in [0.4, 0.5) is 0 Å². The molecule has 1 aromatic rings. The van der Waals surface area contributed by atoms with Gasteiger partial charge in [-0.3, -0.25) is 4.98 Å². The van der Waals surface area contributed by atoms with Gasteiger partial charge in [0.25, 0.3) is 0 Å². The van der Waals surface area contributed by atoms with Gasteiger partial charge in [-0.05, 0) is 12.1 Å². The zero-order valence-electron chi connectivity index (χ0n) is 6.05. The van der Waals surface area contributed by atoms with Gasteiger partial charge in [-0.1, -0.05) is 0 Å². The van der Waals surface area contributed by atoms with E-state index in [9.17, 15) is 0 Å². The van der Waals surface area contributed by atoms with Crippen LogP contribution in [0.3, 0.4) is 0 Å². The van der Waals surface area contributed by atoms with E-state index in [1.165, 1.54) is 12.1 Å². The van der Waals surface area contributed by atoms with Crippen LogP contribution in [0.5, 0.6) is 0 Å². The van der Waals surface area contributed by atoms with Gasteiger partial charge in [0.05, 0.1) is 14.4 Å². The van der Waals surface area contributed by atoms with Crippen molar-refractivity contribution >= 4 is 0 Å². The number of pyridine rings is 1. The van der Waals surface area contributed by atoms with Crippen molar-refractivity contribution in [3.8, 4) is 6.07 Å². The predicted molar refractivity (Wildman–Crippen MR) is 29.0 cm³/mol. The third kappa shape index (κ3) is 0.824. The molecule has 0 bridgehead atoms. The van der Waals surface area contributed by atoms with E-state index in [1.54, 1.807) is 0 Å². The van der Waals surface area contributed by atoms with E-state index in [4.69, 9.17) is 8.00 Å². The Bertz CT molecular complexity index is 270. The van der Waals surface area contributed by atoms with Crippen LogP contribution in [-0.2, 0) is 0 Å². The standard InChI is InChI=1S/C6H4N2/c7-5-6-1-3-8-4-2-6/h1-4H/i3D,4D. The van der Waals surface area contributed by atoms with Crippen molar-refractivity contribution in [1.82, 2.24) is 4.98 Å². The van der Waals surface area contributed by atoms with Gasteiger partial charge in [-0.2, -0.15) is 5.26 Å². The summed E-state index contributed by atoms with van der Waals surface area (Å²) in [6, 6.07) is 4.46. The van der Waals surface area contributed by atoms with Crippen molar-refractivity contribution < 1.29 is 2.74 Å². The minimum absolute atomic E-state index is 0.0379.